The summed E-state index contributed by atoms with van der Waals surface area (Å²) >= 11 is 0. The van der Waals surface area contributed by atoms with Crippen LogP contribution >= 0.6 is 0 Å². The Balaban J connectivity index is 3.03. The van der Waals surface area contributed by atoms with Gasteiger partial charge in [-0.3, -0.25) is 0 Å². The SMILES string of the molecule is CCCc1cc(CCC)c(CCC)cc1O. The number of hydrogen-bond donors (Lipinski definition) is 1. The van der Waals surface area contributed by atoms with Crippen molar-refractivity contribution in [1.29, 1.82) is 0 Å². The lowest BCUT2D eigenvalue weighted by Crippen LogP contribution is -1.97. The van der Waals surface area contributed by atoms with Crippen LogP contribution in [-0.2, 0) is 19.3 Å². The van der Waals surface area contributed by atoms with Crippen LogP contribution in [0.1, 0.15) is 56.7 Å². The van der Waals surface area contributed by atoms with Crippen molar-refractivity contribution in [3.8, 4) is 5.75 Å². The van der Waals surface area contributed by atoms with Crippen LogP contribution in [0.2, 0.25) is 0 Å². The van der Waals surface area contributed by atoms with Crippen molar-refractivity contribution in [2.75, 3.05) is 0 Å². The normalized spacial score (nSPS) is 10.7. The second kappa shape index (κ2) is 6.57. The number of benzene rings is 1. The highest BCUT2D eigenvalue weighted by Gasteiger charge is 2.07. The van der Waals surface area contributed by atoms with E-state index < -0.39 is 0 Å². The fourth-order valence-corrected chi connectivity index (χ4v) is 2.20. The molecule has 1 rings (SSSR count). The van der Waals surface area contributed by atoms with Crippen LogP contribution in [0.15, 0.2) is 12.1 Å². The summed E-state index contributed by atoms with van der Waals surface area (Å²) in [5, 5.41) is 9.94. The molecule has 0 aliphatic heterocycles. The minimum atomic E-state index is 0.491. The maximum Gasteiger partial charge on any atom is 0.119 e. The van der Waals surface area contributed by atoms with Gasteiger partial charge in [0.05, 0.1) is 0 Å². The zero-order valence-electron chi connectivity index (χ0n) is 10.8. The Kier molecular flexibility index (Phi) is 5.37. The molecule has 16 heavy (non-hydrogen) atoms. The molecule has 1 aromatic rings. The van der Waals surface area contributed by atoms with Gasteiger partial charge in [0, 0.05) is 0 Å². The minimum Gasteiger partial charge on any atom is -0.508 e. The Morgan fingerprint density at radius 1 is 0.750 bits per heavy atom. The Morgan fingerprint density at radius 3 is 1.69 bits per heavy atom. The van der Waals surface area contributed by atoms with Crippen molar-refractivity contribution >= 4 is 0 Å². The van der Waals surface area contributed by atoms with Gasteiger partial charge in [-0.05, 0) is 42.0 Å². The maximum absolute atomic E-state index is 9.94. The summed E-state index contributed by atoms with van der Waals surface area (Å²) < 4.78 is 0. The lowest BCUT2D eigenvalue weighted by Gasteiger charge is -2.12. The maximum atomic E-state index is 9.94. The Labute approximate surface area is 99.5 Å². The molecule has 0 saturated carbocycles. The fraction of sp³-hybridized carbons (Fsp3) is 0.600. The van der Waals surface area contributed by atoms with Crippen LogP contribution in [0.5, 0.6) is 5.75 Å². The number of phenols is 1. The van der Waals surface area contributed by atoms with Crippen LogP contribution in [0.4, 0.5) is 0 Å². The highest BCUT2D eigenvalue weighted by molar-refractivity contribution is 5.42. The summed E-state index contributed by atoms with van der Waals surface area (Å²) in [5.41, 5.74) is 3.89. The van der Waals surface area contributed by atoms with Gasteiger partial charge in [0.15, 0.2) is 0 Å². The lowest BCUT2D eigenvalue weighted by molar-refractivity contribution is 0.466. The first-order valence-electron chi connectivity index (χ1n) is 6.56. The third kappa shape index (κ3) is 3.26. The van der Waals surface area contributed by atoms with Crippen molar-refractivity contribution in [2.45, 2.75) is 59.3 Å². The second-order valence-corrected chi connectivity index (χ2v) is 4.50. The summed E-state index contributed by atoms with van der Waals surface area (Å²) in [6.45, 7) is 6.55. The van der Waals surface area contributed by atoms with Crippen LogP contribution < -0.4 is 0 Å². The molecule has 0 radical (unpaired) electrons. The van der Waals surface area contributed by atoms with E-state index in [9.17, 15) is 5.11 Å². The minimum absolute atomic E-state index is 0.491. The van der Waals surface area contributed by atoms with Crippen LogP contribution in [0.3, 0.4) is 0 Å². The molecule has 0 unspecified atom stereocenters. The molecule has 1 aromatic carbocycles. The van der Waals surface area contributed by atoms with Gasteiger partial charge in [0.25, 0.3) is 0 Å². The van der Waals surface area contributed by atoms with Gasteiger partial charge < -0.3 is 5.11 Å². The quantitative estimate of drug-likeness (QED) is 0.760. The second-order valence-electron chi connectivity index (χ2n) is 4.50. The first-order chi connectivity index (χ1) is 7.72. The number of phenolic OH excluding ortho intramolecular Hbond substituents is 1. The highest BCUT2D eigenvalue weighted by atomic mass is 16.3. The van der Waals surface area contributed by atoms with Crippen molar-refractivity contribution in [3.05, 3.63) is 28.8 Å². The predicted molar refractivity (Wildman–Crippen MR) is 70.1 cm³/mol. The molecule has 0 aliphatic rings. The molecule has 0 bridgehead atoms. The average Bonchev–Trinajstić information content (AvgIpc) is 2.25. The molecular weight excluding hydrogens is 196 g/mol. The molecule has 0 fully saturated rings. The molecule has 0 atom stereocenters. The molecule has 1 nitrogen and oxygen atoms in total. The largest absolute Gasteiger partial charge is 0.508 e. The number of aromatic hydroxyl groups is 1. The average molecular weight is 220 g/mol. The van der Waals surface area contributed by atoms with Gasteiger partial charge in [-0.2, -0.15) is 0 Å². The van der Waals surface area contributed by atoms with Gasteiger partial charge >= 0.3 is 0 Å². The van der Waals surface area contributed by atoms with Crippen molar-refractivity contribution in [3.63, 3.8) is 0 Å². The topological polar surface area (TPSA) is 20.2 Å². The van der Waals surface area contributed by atoms with E-state index in [4.69, 9.17) is 0 Å². The van der Waals surface area contributed by atoms with Gasteiger partial charge in [-0.15, -0.1) is 0 Å². The monoisotopic (exact) mass is 220 g/mol. The molecule has 0 amide bonds. The first-order valence-corrected chi connectivity index (χ1v) is 6.56. The molecule has 0 saturated heterocycles. The predicted octanol–water partition coefficient (Wildman–Crippen LogP) is 4.25. The Bertz CT molecular complexity index is 328. The molecule has 1 heteroatoms. The first kappa shape index (κ1) is 13.1. The molecule has 1 N–H and O–H groups in total. The molecule has 0 spiro atoms. The molecular formula is C15H24O. The summed E-state index contributed by atoms with van der Waals surface area (Å²) in [7, 11) is 0. The van der Waals surface area contributed by atoms with E-state index in [0.29, 0.717) is 5.75 Å². The summed E-state index contributed by atoms with van der Waals surface area (Å²) in [4.78, 5) is 0. The van der Waals surface area contributed by atoms with Gasteiger partial charge in [-0.25, -0.2) is 0 Å². The number of rotatable bonds is 6. The fourth-order valence-electron chi connectivity index (χ4n) is 2.20. The van der Waals surface area contributed by atoms with Crippen LogP contribution in [-0.4, -0.2) is 5.11 Å². The smallest absolute Gasteiger partial charge is 0.119 e. The Hall–Kier alpha value is -0.980. The van der Waals surface area contributed by atoms with E-state index in [0.717, 1.165) is 37.7 Å². The van der Waals surface area contributed by atoms with E-state index in [1.165, 1.54) is 17.5 Å². The van der Waals surface area contributed by atoms with E-state index >= 15 is 0 Å². The number of hydrogen-bond acceptors (Lipinski definition) is 1. The Morgan fingerprint density at radius 2 is 1.19 bits per heavy atom. The third-order valence-electron chi connectivity index (χ3n) is 2.96. The zero-order valence-corrected chi connectivity index (χ0v) is 10.8. The zero-order chi connectivity index (χ0) is 12.0. The van der Waals surface area contributed by atoms with E-state index in [1.807, 2.05) is 6.07 Å². The van der Waals surface area contributed by atoms with E-state index in [-0.39, 0.29) is 0 Å². The van der Waals surface area contributed by atoms with Crippen LogP contribution in [0.25, 0.3) is 0 Å². The van der Waals surface area contributed by atoms with Crippen molar-refractivity contribution in [2.24, 2.45) is 0 Å². The van der Waals surface area contributed by atoms with Gasteiger partial charge in [0.1, 0.15) is 5.75 Å². The molecule has 90 valence electrons. The van der Waals surface area contributed by atoms with E-state index in [1.54, 1.807) is 0 Å². The molecule has 0 aliphatic carbocycles. The van der Waals surface area contributed by atoms with E-state index in [2.05, 4.69) is 26.8 Å². The highest BCUT2D eigenvalue weighted by Crippen LogP contribution is 2.25. The third-order valence-corrected chi connectivity index (χ3v) is 2.96. The standard InChI is InChI=1S/C15H24O/c1-4-7-12-10-14(9-6-3)15(16)11-13(12)8-5-2/h10-11,16H,4-9H2,1-3H3. The number of aryl methyl sites for hydroxylation is 3. The summed E-state index contributed by atoms with van der Waals surface area (Å²) in [5.74, 6) is 0.491. The van der Waals surface area contributed by atoms with Gasteiger partial charge in [0.2, 0.25) is 0 Å². The molecule has 0 heterocycles. The van der Waals surface area contributed by atoms with Crippen molar-refractivity contribution in [1.82, 2.24) is 0 Å². The molecule has 0 aromatic heterocycles. The van der Waals surface area contributed by atoms with Gasteiger partial charge in [-0.1, -0.05) is 46.1 Å². The van der Waals surface area contributed by atoms with Crippen molar-refractivity contribution < 1.29 is 5.11 Å². The summed E-state index contributed by atoms with van der Waals surface area (Å²) in [6, 6.07) is 4.20. The van der Waals surface area contributed by atoms with Crippen LogP contribution in [0, 0.1) is 0 Å². The summed E-state index contributed by atoms with van der Waals surface area (Å²) in [6.07, 6.45) is 6.60. The lowest BCUT2D eigenvalue weighted by atomic mass is 9.95.